The van der Waals surface area contributed by atoms with Gasteiger partial charge in [0, 0.05) is 12.3 Å². The van der Waals surface area contributed by atoms with Gasteiger partial charge < -0.3 is 4.74 Å². The molecule has 0 radical (unpaired) electrons. The zero-order chi connectivity index (χ0) is 16.8. The molecule has 0 saturated carbocycles. The van der Waals surface area contributed by atoms with Crippen molar-refractivity contribution >= 4 is 23.0 Å². The molecule has 1 aliphatic rings. The van der Waals surface area contributed by atoms with Crippen LogP contribution in [0.5, 0.6) is 0 Å². The van der Waals surface area contributed by atoms with E-state index in [1.54, 1.807) is 16.7 Å². The van der Waals surface area contributed by atoms with Crippen LogP contribution in [0.25, 0.3) is 0 Å². The van der Waals surface area contributed by atoms with E-state index in [1.807, 2.05) is 36.4 Å². The SMILES string of the molecule is COC(=O)N1CCS/C1=N\C(Cc1ccccc1)c1ccccc1. The van der Waals surface area contributed by atoms with Gasteiger partial charge in [-0.2, -0.15) is 0 Å². The van der Waals surface area contributed by atoms with Crippen molar-refractivity contribution in [1.82, 2.24) is 4.90 Å². The van der Waals surface area contributed by atoms with E-state index in [0.717, 1.165) is 22.9 Å². The van der Waals surface area contributed by atoms with Crippen molar-refractivity contribution in [2.24, 2.45) is 4.99 Å². The number of nitrogens with zero attached hydrogens (tertiary/aromatic N) is 2. The third kappa shape index (κ3) is 3.97. The number of amides is 1. The van der Waals surface area contributed by atoms with Crippen molar-refractivity contribution in [1.29, 1.82) is 0 Å². The number of carbonyl (C=O) groups excluding carboxylic acids is 1. The van der Waals surface area contributed by atoms with Gasteiger partial charge in [0.25, 0.3) is 0 Å². The fraction of sp³-hybridized carbons (Fsp3) is 0.263. The molecule has 0 N–H and O–H groups in total. The summed E-state index contributed by atoms with van der Waals surface area (Å²) in [7, 11) is 1.40. The molecule has 0 bridgehead atoms. The lowest BCUT2D eigenvalue weighted by molar-refractivity contribution is 0.149. The van der Waals surface area contributed by atoms with Crippen molar-refractivity contribution in [3.63, 3.8) is 0 Å². The van der Waals surface area contributed by atoms with E-state index in [2.05, 4.69) is 24.3 Å². The highest BCUT2D eigenvalue weighted by atomic mass is 32.2. The number of amidine groups is 1. The fourth-order valence-corrected chi connectivity index (χ4v) is 3.65. The Morgan fingerprint density at radius 3 is 2.50 bits per heavy atom. The molecule has 2 aromatic rings. The molecular weight excluding hydrogens is 320 g/mol. The van der Waals surface area contributed by atoms with Crippen LogP contribution in [0.4, 0.5) is 4.79 Å². The van der Waals surface area contributed by atoms with Gasteiger partial charge in [-0.15, -0.1) is 0 Å². The van der Waals surface area contributed by atoms with Crippen molar-refractivity contribution < 1.29 is 9.53 Å². The second-order valence-electron chi connectivity index (χ2n) is 5.50. The van der Waals surface area contributed by atoms with Crippen LogP contribution in [0.1, 0.15) is 17.2 Å². The van der Waals surface area contributed by atoms with Crippen LogP contribution in [0.2, 0.25) is 0 Å². The van der Waals surface area contributed by atoms with E-state index in [4.69, 9.17) is 9.73 Å². The monoisotopic (exact) mass is 340 g/mol. The first-order valence-electron chi connectivity index (χ1n) is 7.93. The summed E-state index contributed by atoms with van der Waals surface area (Å²) in [5.41, 5.74) is 2.37. The van der Waals surface area contributed by atoms with Gasteiger partial charge in [-0.3, -0.25) is 9.89 Å². The summed E-state index contributed by atoms with van der Waals surface area (Å²) >= 11 is 1.60. The molecule has 0 spiro atoms. The second-order valence-corrected chi connectivity index (χ2v) is 6.56. The van der Waals surface area contributed by atoms with Gasteiger partial charge in [0.1, 0.15) is 0 Å². The van der Waals surface area contributed by atoms with E-state index in [1.165, 1.54) is 12.7 Å². The fourth-order valence-electron chi connectivity index (χ4n) is 2.67. The van der Waals surface area contributed by atoms with Crippen molar-refractivity contribution in [2.75, 3.05) is 19.4 Å². The average molecular weight is 340 g/mol. The lowest BCUT2D eigenvalue weighted by Gasteiger charge is -2.18. The standard InChI is InChI=1S/C19H20N2O2S/c1-23-19(22)21-12-13-24-18(21)20-17(16-10-6-3-7-11-16)14-15-8-4-2-5-9-15/h2-11,17H,12-14H2,1H3/b20-18-. The van der Waals surface area contributed by atoms with Gasteiger partial charge in [-0.1, -0.05) is 72.4 Å². The molecule has 24 heavy (non-hydrogen) atoms. The third-order valence-electron chi connectivity index (χ3n) is 3.89. The summed E-state index contributed by atoms with van der Waals surface area (Å²) in [5, 5.41) is 0.742. The highest BCUT2D eigenvalue weighted by Gasteiger charge is 2.27. The zero-order valence-electron chi connectivity index (χ0n) is 13.6. The third-order valence-corrected chi connectivity index (χ3v) is 4.87. The van der Waals surface area contributed by atoms with Crippen LogP contribution in [0.3, 0.4) is 0 Å². The molecule has 124 valence electrons. The highest BCUT2D eigenvalue weighted by Crippen LogP contribution is 2.27. The molecule has 1 unspecified atom stereocenters. The first-order chi connectivity index (χ1) is 11.8. The topological polar surface area (TPSA) is 41.9 Å². The number of benzene rings is 2. The molecule has 3 rings (SSSR count). The van der Waals surface area contributed by atoms with Crippen molar-refractivity contribution in [3.05, 3.63) is 71.8 Å². The van der Waals surface area contributed by atoms with Crippen LogP contribution in [0, 0.1) is 0 Å². The molecule has 5 heteroatoms. The molecule has 0 aromatic heterocycles. The van der Waals surface area contributed by atoms with Crippen molar-refractivity contribution in [3.8, 4) is 0 Å². The Morgan fingerprint density at radius 2 is 1.83 bits per heavy atom. The normalized spacial score (nSPS) is 17.0. The number of carbonyl (C=O) groups is 1. The minimum Gasteiger partial charge on any atom is -0.452 e. The highest BCUT2D eigenvalue weighted by molar-refractivity contribution is 8.14. The predicted octanol–water partition coefficient (Wildman–Crippen LogP) is 4.14. The van der Waals surface area contributed by atoms with Gasteiger partial charge in [-0.25, -0.2) is 4.79 Å². The first kappa shape index (κ1) is 16.6. The Kier molecular flexibility index (Phi) is 5.54. The van der Waals surface area contributed by atoms with Gasteiger partial charge in [0.05, 0.1) is 13.2 Å². The van der Waals surface area contributed by atoms with Crippen LogP contribution >= 0.6 is 11.8 Å². The van der Waals surface area contributed by atoms with Crippen LogP contribution in [-0.4, -0.2) is 35.6 Å². The lowest BCUT2D eigenvalue weighted by Crippen LogP contribution is -2.32. The van der Waals surface area contributed by atoms with Crippen LogP contribution in [0.15, 0.2) is 65.7 Å². The predicted molar refractivity (Wildman–Crippen MR) is 98.3 cm³/mol. The second kappa shape index (κ2) is 8.02. The minimum absolute atomic E-state index is 0.0265. The Balaban J connectivity index is 1.90. The lowest BCUT2D eigenvalue weighted by atomic mass is 9.99. The quantitative estimate of drug-likeness (QED) is 0.840. The number of methoxy groups -OCH3 is 1. The number of hydrogen-bond acceptors (Lipinski definition) is 4. The van der Waals surface area contributed by atoms with Gasteiger partial charge in [0.2, 0.25) is 0 Å². The van der Waals surface area contributed by atoms with E-state index in [9.17, 15) is 4.79 Å². The molecule has 0 aliphatic carbocycles. The first-order valence-corrected chi connectivity index (χ1v) is 8.91. The molecule has 1 atom stereocenters. The van der Waals surface area contributed by atoms with E-state index in [0.29, 0.717) is 6.54 Å². The summed E-state index contributed by atoms with van der Waals surface area (Å²) in [4.78, 5) is 18.4. The Morgan fingerprint density at radius 1 is 1.17 bits per heavy atom. The summed E-state index contributed by atoms with van der Waals surface area (Å²) in [6, 6.07) is 20.5. The van der Waals surface area contributed by atoms with E-state index in [-0.39, 0.29) is 12.1 Å². The number of aliphatic imine (C=N–C) groups is 1. The molecular formula is C19H20N2O2S. The number of thioether (sulfide) groups is 1. The molecule has 4 nitrogen and oxygen atoms in total. The molecule has 1 aliphatic heterocycles. The van der Waals surface area contributed by atoms with Crippen molar-refractivity contribution in [2.45, 2.75) is 12.5 Å². The maximum absolute atomic E-state index is 11.9. The van der Waals surface area contributed by atoms with Crippen LogP contribution < -0.4 is 0 Å². The van der Waals surface area contributed by atoms with E-state index < -0.39 is 0 Å². The molecule has 1 amide bonds. The molecule has 1 fully saturated rings. The Bertz CT molecular complexity index is 704. The maximum Gasteiger partial charge on any atom is 0.415 e. The maximum atomic E-state index is 11.9. The Labute approximate surface area is 146 Å². The minimum atomic E-state index is -0.342. The smallest absolute Gasteiger partial charge is 0.415 e. The molecule has 1 heterocycles. The van der Waals surface area contributed by atoms with Crippen LogP contribution in [-0.2, 0) is 11.2 Å². The largest absolute Gasteiger partial charge is 0.452 e. The summed E-state index contributed by atoms with van der Waals surface area (Å²) < 4.78 is 4.86. The van der Waals surface area contributed by atoms with Gasteiger partial charge in [0.15, 0.2) is 5.17 Å². The zero-order valence-corrected chi connectivity index (χ0v) is 14.4. The summed E-state index contributed by atoms with van der Waals surface area (Å²) in [5.74, 6) is 0.848. The number of hydrogen-bond donors (Lipinski definition) is 0. The van der Waals surface area contributed by atoms with Gasteiger partial charge in [-0.05, 0) is 17.5 Å². The Hall–Kier alpha value is -2.27. The summed E-state index contributed by atoms with van der Waals surface area (Å²) in [6.07, 6.45) is 0.453. The molecule has 1 saturated heterocycles. The number of rotatable bonds is 4. The molecule has 2 aromatic carbocycles. The summed E-state index contributed by atoms with van der Waals surface area (Å²) in [6.45, 7) is 0.642. The van der Waals surface area contributed by atoms with E-state index >= 15 is 0 Å². The van der Waals surface area contributed by atoms with Gasteiger partial charge >= 0.3 is 6.09 Å². The average Bonchev–Trinajstić information content (AvgIpc) is 3.10. The number of ether oxygens (including phenoxy) is 1.